The highest BCUT2D eigenvalue weighted by Crippen LogP contribution is 2.19. The molecule has 0 atom stereocenters. The third-order valence-corrected chi connectivity index (χ3v) is 3.63. The van der Waals surface area contributed by atoms with E-state index >= 15 is 0 Å². The molecule has 1 aromatic heterocycles. The van der Waals surface area contributed by atoms with Gasteiger partial charge in [-0.05, 0) is 42.8 Å². The highest BCUT2D eigenvalue weighted by Gasteiger charge is 2.10. The fraction of sp³-hybridized carbons (Fsp3) is 0.100. The lowest BCUT2D eigenvalue weighted by Gasteiger charge is -2.09. The van der Waals surface area contributed by atoms with Crippen LogP contribution in [0, 0.1) is 6.92 Å². The summed E-state index contributed by atoms with van der Waals surface area (Å²) in [7, 11) is 0. The topological polar surface area (TPSA) is 96.0 Å². The van der Waals surface area contributed by atoms with Crippen LogP contribution in [0.3, 0.4) is 0 Å². The molecule has 0 aliphatic heterocycles. The standard InChI is InChI=1S/C20H19N5O2/c1-13-5-3-6-15(9-13)25-20(27)18-11-19(22-12-21-18)24-17-8-4-7-16(10-17)23-14(2)26/h3-12H,1-2H3,(H,23,26)(H,25,27)(H,21,22,24). The van der Waals surface area contributed by atoms with Gasteiger partial charge in [0.2, 0.25) is 5.91 Å². The number of anilines is 4. The Bertz CT molecular complexity index is 987. The predicted molar refractivity (Wildman–Crippen MR) is 105 cm³/mol. The van der Waals surface area contributed by atoms with Crippen LogP contribution in [0.15, 0.2) is 60.9 Å². The number of benzene rings is 2. The molecule has 0 fully saturated rings. The molecule has 3 rings (SSSR count). The van der Waals surface area contributed by atoms with Crippen LogP contribution in [0.2, 0.25) is 0 Å². The summed E-state index contributed by atoms with van der Waals surface area (Å²) in [5, 5.41) is 8.64. The van der Waals surface area contributed by atoms with Gasteiger partial charge in [-0.2, -0.15) is 0 Å². The van der Waals surface area contributed by atoms with E-state index < -0.39 is 0 Å². The first-order chi connectivity index (χ1) is 13.0. The van der Waals surface area contributed by atoms with Gasteiger partial charge in [-0.3, -0.25) is 9.59 Å². The summed E-state index contributed by atoms with van der Waals surface area (Å²) >= 11 is 0. The van der Waals surface area contributed by atoms with Crippen LogP contribution in [-0.4, -0.2) is 21.8 Å². The number of hydrogen-bond acceptors (Lipinski definition) is 5. The molecular formula is C20H19N5O2. The summed E-state index contributed by atoms with van der Waals surface area (Å²) in [5.41, 5.74) is 3.39. The van der Waals surface area contributed by atoms with Crippen LogP contribution < -0.4 is 16.0 Å². The van der Waals surface area contributed by atoms with Crippen molar-refractivity contribution in [3.63, 3.8) is 0 Å². The van der Waals surface area contributed by atoms with E-state index in [1.807, 2.05) is 37.3 Å². The average molecular weight is 361 g/mol. The van der Waals surface area contributed by atoms with Gasteiger partial charge in [-0.15, -0.1) is 0 Å². The molecule has 3 aromatic rings. The number of carbonyl (C=O) groups excluding carboxylic acids is 2. The number of nitrogens with zero attached hydrogens (tertiary/aromatic N) is 2. The summed E-state index contributed by atoms with van der Waals surface area (Å²) in [6.45, 7) is 3.40. The van der Waals surface area contributed by atoms with Gasteiger partial charge in [-0.25, -0.2) is 9.97 Å². The lowest BCUT2D eigenvalue weighted by atomic mass is 10.2. The van der Waals surface area contributed by atoms with E-state index in [-0.39, 0.29) is 17.5 Å². The SMILES string of the molecule is CC(=O)Nc1cccc(Nc2cc(C(=O)Nc3cccc(C)c3)ncn2)c1. The van der Waals surface area contributed by atoms with Gasteiger partial charge in [0.15, 0.2) is 0 Å². The zero-order valence-corrected chi connectivity index (χ0v) is 15.0. The zero-order chi connectivity index (χ0) is 19.2. The number of aromatic nitrogens is 2. The molecule has 0 bridgehead atoms. The minimum Gasteiger partial charge on any atom is -0.340 e. The Morgan fingerprint density at radius 2 is 1.56 bits per heavy atom. The Labute approximate surface area is 156 Å². The number of amides is 2. The lowest BCUT2D eigenvalue weighted by Crippen LogP contribution is -2.14. The Hall–Kier alpha value is -3.74. The van der Waals surface area contributed by atoms with Crippen molar-refractivity contribution in [1.82, 2.24) is 9.97 Å². The largest absolute Gasteiger partial charge is 0.340 e. The van der Waals surface area contributed by atoms with Crippen LogP contribution >= 0.6 is 0 Å². The first kappa shape index (κ1) is 18.1. The van der Waals surface area contributed by atoms with Gasteiger partial charge >= 0.3 is 0 Å². The van der Waals surface area contributed by atoms with Gasteiger partial charge in [0.1, 0.15) is 17.8 Å². The molecule has 2 aromatic carbocycles. The molecule has 0 aliphatic carbocycles. The lowest BCUT2D eigenvalue weighted by molar-refractivity contribution is -0.114. The molecule has 0 spiro atoms. The smallest absolute Gasteiger partial charge is 0.274 e. The van der Waals surface area contributed by atoms with Crippen LogP contribution in [0.25, 0.3) is 0 Å². The molecule has 3 N–H and O–H groups in total. The quantitative estimate of drug-likeness (QED) is 0.643. The molecule has 0 saturated carbocycles. The number of nitrogens with one attached hydrogen (secondary N) is 3. The van der Waals surface area contributed by atoms with Gasteiger partial charge in [-0.1, -0.05) is 18.2 Å². The van der Waals surface area contributed by atoms with Crippen molar-refractivity contribution in [3.05, 3.63) is 72.2 Å². The molecule has 1 heterocycles. The van der Waals surface area contributed by atoms with Crippen molar-refractivity contribution in [3.8, 4) is 0 Å². The van der Waals surface area contributed by atoms with Crippen molar-refractivity contribution in [2.75, 3.05) is 16.0 Å². The second-order valence-corrected chi connectivity index (χ2v) is 6.00. The summed E-state index contributed by atoms with van der Waals surface area (Å²) in [6, 6.07) is 16.3. The van der Waals surface area contributed by atoms with Crippen molar-refractivity contribution in [1.29, 1.82) is 0 Å². The Balaban J connectivity index is 1.73. The van der Waals surface area contributed by atoms with E-state index in [0.29, 0.717) is 17.2 Å². The summed E-state index contributed by atoms with van der Waals surface area (Å²) in [4.78, 5) is 31.8. The first-order valence-corrected chi connectivity index (χ1v) is 8.34. The fourth-order valence-electron chi connectivity index (χ4n) is 2.49. The van der Waals surface area contributed by atoms with Crippen LogP contribution in [0.5, 0.6) is 0 Å². The summed E-state index contributed by atoms with van der Waals surface area (Å²) in [5.74, 6) is 0.00158. The molecule has 0 saturated heterocycles. The number of carbonyl (C=O) groups is 2. The fourth-order valence-corrected chi connectivity index (χ4v) is 2.49. The van der Waals surface area contributed by atoms with Crippen molar-refractivity contribution < 1.29 is 9.59 Å². The Morgan fingerprint density at radius 3 is 2.30 bits per heavy atom. The van der Waals surface area contributed by atoms with Gasteiger partial charge in [0, 0.05) is 30.1 Å². The van der Waals surface area contributed by atoms with Crippen molar-refractivity contribution in [2.45, 2.75) is 13.8 Å². The highest BCUT2D eigenvalue weighted by atomic mass is 16.2. The second-order valence-electron chi connectivity index (χ2n) is 6.00. The van der Waals surface area contributed by atoms with E-state index in [1.165, 1.54) is 13.3 Å². The molecule has 136 valence electrons. The average Bonchev–Trinajstić information content (AvgIpc) is 2.62. The monoisotopic (exact) mass is 361 g/mol. The molecule has 0 unspecified atom stereocenters. The third-order valence-electron chi connectivity index (χ3n) is 3.63. The molecule has 7 heteroatoms. The third kappa shape index (κ3) is 5.12. The zero-order valence-electron chi connectivity index (χ0n) is 15.0. The minimum atomic E-state index is -0.321. The van der Waals surface area contributed by atoms with Crippen LogP contribution in [-0.2, 0) is 4.79 Å². The molecule has 2 amide bonds. The predicted octanol–water partition coefficient (Wildman–Crippen LogP) is 3.74. The maximum atomic E-state index is 12.4. The van der Waals surface area contributed by atoms with E-state index in [2.05, 4.69) is 25.9 Å². The highest BCUT2D eigenvalue weighted by molar-refractivity contribution is 6.03. The van der Waals surface area contributed by atoms with E-state index in [1.54, 1.807) is 24.3 Å². The molecule has 0 radical (unpaired) electrons. The molecule has 0 aliphatic rings. The minimum absolute atomic E-state index is 0.149. The molecular weight excluding hydrogens is 342 g/mol. The van der Waals surface area contributed by atoms with Crippen molar-refractivity contribution in [2.24, 2.45) is 0 Å². The Morgan fingerprint density at radius 1 is 0.852 bits per heavy atom. The van der Waals surface area contributed by atoms with E-state index in [0.717, 1.165) is 11.3 Å². The van der Waals surface area contributed by atoms with Crippen molar-refractivity contribution >= 4 is 34.7 Å². The maximum absolute atomic E-state index is 12.4. The van der Waals surface area contributed by atoms with Crippen LogP contribution in [0.4, 0.5) is 22.9 Å². The van der Waals surface area contributed by atoms with E-state index in [4.69, 9.17) is 0 Å². The maximum Gasteiger partial charge on any atom is 0.274 e. The van der Waals surface area contributed by atoms with Gasteiger partial charge in [0.25, 0.3) is 5.91 Å². The normalized spacial score (nSPS) is 10.1. The molecule has 7 nitrogen and oxygen atoms in total. The molecule has 27 heavy (non-hydrogen) atoms. The van der Waals surface area contributed by atoms with Gasteiger partial charge < -0.3 is 16.0 Å². The Kier molecular flexibility index (Phi) is 5.41. The summed E-state index contributed by atoms with van der Waals surface area (Å²) < 4.78 is 0. The summed E-state index contributed by atoms with van der Waals surface area (Å²) in [6.07, 6.45) is 1.32. The number of aryl methyl sites for hydroxylation is 1. The first-order valence-electron chi connectivity index (χ1n) is 8.34. The second kappa shape index (κ2) is 8.09. The number of hydrogen-bond donors (Lipinski definition) is 3. The van der Waals surface area contributed by atoms with E-state index in [9.17, 15) is 9.59 Å². The van der Waals surface area contributed by atoms with Crippen LogP contribution in [0.1, 0.15) is 23.0 Å². The number of rotatable bonds is 5. The van der Waals surface area contributed by atoms with Gasteiger partial charge in [0.05, 0.1) is 0 Å².